The van der Waals surface area contributed by atoms with Gasteiger partial charge < -0.3 is 5.11 Å². The molecule has 0 fully saturated rings. The van der Waals surface area contributed by atoms with Gasteiger partial charge in [-0.05, 0) is 19.1 Å². The minimum Gasteiger partial charge on any atom is -0.507 e. The molecule has 0 radical (unpaired) electrons. The van der Waals surface area contributed by atoms with Crippen LogP contribution in [0.3, 0.4) is 0 Å². The molecule has 4 heteroatoms. The Morgan fingerprint density at radius 1 is 1.44 bits per heavy atom. The van der Waals surface area contributed by atoms with Gasteiger partial charge in [0.15, 0.2) is 0 Å². The molecule has 0 atom stereocenters. The lowest BCUT2D eigenvalue weighted by molar-refractivity contribution is 0.477. The molecule has 0 aliphatic carbocycles. The molecule has 0 amide bonds. The molecule has 0 saturated heterocycles. The van der Waals surface area contributed by atoms with E-state index in [0.717, 1.165) is 5.56 Å². The largest absolute Gasteiger partial charge is 0.507 e. The van der Waals surface area contributed by atoms with E-state index in [1.165, 1.54) is 0 Å². The minimum absolute atomic E-state index is 0.140. The summed E-state index contributed by atoms with van der Waals surface area (Å²) in [6.45, 7) is 1.93. The number of hydrogen-bond donors (Lipinski definition) is 1. The summed E-state index contributed by atoms with van der Waals surface area (Å²) >= 11 is 0. The zero-order chi connectivity index (χ0) is 11.7. The van der Waals surface area contributed by atoms with Crippen molar-refractivity contribution in [1.29, 1.82) is 5.26 Å². The smallest absolute Gasteiger partial charge is 0.125 e. The molecule has 1 N–H and O–H groups in total. The molecule has 80 valence electrons. The Labute approximate surface area is 93.4 Å². The molecule has 1 aromatic heterocycles. The monoisotopic (exact) mass is 213 g/mol. The van der Waals surface area contributed by atoms with E-state index in [1.807, 2.05) is 19.1 Å². The van der Waals surface area contributed by atoms with E-state index in [0.29, 0.717) is 16.8 Å². The first-order chi connectivity index (χ1) is 7.61. The van der Waals surface area contributed by atoms with Crippen LogP contribution < -0.4 is 0 Å². The van der Waals surface area contributed by atoms with Gasteiger partial charge in [0.2, 0.25) is 0 Å². The number of aromatic nitrogens is 2. The first-order valence-corrected chi connectivity index (χ1v) is 4.85. The summed E-state index contributed by atoms with van der Waals surface area (Å²) in [5, 5.41) is 22.9. The highest BCUT2D eigenvalue weighted by atomic mass is 16.3. The minimum atomic E-state index is 0.140. The van der Waals surface area contributed by atoms with E-state index in [4.69, 9.17) is 5.26 Å². The molecule has 0 saturated carbocycles. The maximum absolute atomic E-state index is 9.76. The van der Waals surface area contributed by atoms with Gasteiger partial charge in [-0.25, -0.2) is 0 Å². The fourth-order valence-corrected chi connectivity index (χ4v) is 1.61. The second-order valence-electron chi connectivity index (χ2n) is 3.70. The highest BCUT2D eigenvalue weighted by Gasteiger charge is 2.13. The summed E-state index contributed by atoms with van der Waals surface area (Å²) in [5.74, 6) is 0.140. The number of hydrogen-bond acceptors (Lipinski definition) is 3. The summed E-state index contributed by atoms with van der Waals surface area (Å²) < 4.78 is 1.57. The molecule has 0 bridgehead atoms. The van der Waals surface area contributed by atoms with Gasteiger partial charge in [0, 0.05) is 18.8 Å². The van der Waals surface area contributed by atoms with Crippen LogP contribution in [0.15, 0.2) is 24.4 Å². The Morgan fingerprint density at radius 3 is 2.88 bits per heavy atom. The average molecular weight is 213 g/mol. The maximum atomic E-state index is 9.76. The van der Waals surface area contributed by atoms with E-state index in [-0.39, 0.29) is 5.75 Å². The predicted octanol–water partition coefficient (Wildman–Crippen LogP) is 1.97. The highest BCUT2D eigenvalue weighted by Crippen LogP contribution is 2.30. The number of nitrogens with zero attached hydrogens (tertiary/aromatic N) is 3. The van der Waals surface area contributed by atoms with Crippen LogP contribution in [-0.4, -0.2) is 14.9 Å². The first-order valence-electron chi connectivity index (χ1n) is 4.85. The molecule has 1 heterocycles. The number of aryl methyl sites for hydroxylation is 2. The highest BCUT2D eigenvalue weighted by molar-refractivity contribution is 5.72. The van der Waals surface area contributed by atoms with E-state index >= 15 is 0 Å². The average Bonchev–Trinajstić information content (AvgIpc) is 2.63. The van der Waals surface area contributed by atoms with E-state index in [2.05, 4.69) is 11.2 Å². The van der Waals surface area contributed by atoms with Crippen molar-refractivity contribution in [2.45, 2.75) is 6.92 Å². The number of benzene rings is 1. The summed E-state index contributed by atoms with van der Waals surface area (Å²) in [6, 6.07) is 7.31. The number of rotatable bonds is 1. The molecule has 4 nitrogen and oxygen atoms in total. The first kappa shape index (κ1) is 10.2. The lowest BCUT2D eigenvalue weighted by Gasteiger charge is -2.02. The molecule has 0 aliphatic rings. The van der Waals surface area contributed by atoms with Crippen LogP contribution >= 0.6 is 0 Å². The van der Waals surface area contributed by atoms with E-state index < -0.39 is 0 Å². The molecule has 2 aromatic rings. The molecular weight excluding hydrogens is 202 g/mol. The van der Waals surface area contributed by atoms with Gasteiger partial charge >= 0.3 is 0 Å². The van der Waals surface area contributed by atoms with Crippen LogP contribution in [0.25, 0.3) is 11.3 Å². The lowest BCUT2D eigenvalue weighted by atomic mass is 10.1. The van der Waals surface area contributed by atoms with Gasteiger partial charge in [-0.1, -0.05) is 11.6 Å². The SMILES string of the molecule is Cc1ccc(O)c(-c2nn(C)cc2C#N)c1. The van der Waals surface area contributed by atoms with Crippen molar-refractivity contribution < 1.29 is 5.11 Å². The zero-order valence-electron chi connectivity index (χ0n) is 9.10. The number of aromatic hydroxyl groups is 1. The second-order valence-corrected chi connectivity index (χ2v) is 3.70. The van der Waals surface area contributed by atoms with Crippen molar-refractivity contribution in [2.75, 3.05) is 0 Å². The Morgan fingerprint density at radius 2 is 2.19 bits per heavy atom. The predicted molar refractivity (Wildman–Crippen MR) is 59.8 cm³/mol. The summed E-state index contributed by atoms with van der Waals surface area (Å²) in [7, 11) is 1.75. The third-order valence-corrected chi connectivity index (χ3v) is 2.36. The van der Waals surface area contributed by atoms with Crippen molar-refractivity contribution in [3.05, 3.63) is 35.5 Å². The van der Waals surface area contributed by atoms with Crippen molar-refractivity contribution in [3.63, 3.8) is 0 Å². The normalized spacial score (nSPS) is 10.1. The van der Waals surface area contributed by atoms with Crippen LogP contribution in [0.5, 0.6) is 5.75 Å². The van der Waals surface area contributed by atoms with E-state index in [9.17, 15) is 5.11 Å². The third-order valence-electron chi connectivity index (χ3n) is 2.36. The quantitative estimate of drug-likeness (QED) is 0.787. The van der Waals surface area contributed by atoms with Gasteiger partial charge in [-0.3, -0.25) is 4.68 Å². The third kappa shape index (κ3) is 1.63. The Kier molecular flexibility index (Phi) is 2.37. The van der Waals surface area contributed by atoms with Crippen molar-refractivity contribution >= 4 is 0 Å². The molecule has 1 aromatic carbocycles. The molecule has 16 heavy (non-hydrogen) atoms. The molecule has 0 spiro atoms. The Balaban J connectivity index is 2.67. The fourth-order valence-electron chi connectivity index (χ4n) is 1.61. The van der Waals surface area contributed by atoms with Gasteiger partial charge in [0.05, 0.1) is 5.56 Å². The van der Waals surface area contributed by atoms with Crippen molar-refractivity contribution in [3.8, 4) is 23.1 Å². The van der Waals surface area contributed by atoms with Crippen LogP contribution in [0, 0.1) is 18.3 Å². The molecular formula is C12H11N3O. The van der Waals surface area contributed by atoms with Gasteiger partial charge in [-0.15, -0.1) is 0 Å². The number of phenols is 1. The van der Waals surface area contributed by atoms with Gasteiger partial charge in [-0.2, -0.15) is 10.4 Å². The van der Waals surface area contributed by atoms with Crippen LogP contribution in [0.4, 0.5) is 0 Å². The Bertz CT molecular complexity index is 578. The summed E-state index contributed by atoms with van der Waals surface area (Å²) in [6.07, 6.45) is 1.64. The fraction of sp³-hybridized carbons (Fsp3) is 0.167. The number of phenolic OH excluding ortho intramolecular Hbond substituents is 1. The topological polar surface area (TPSA) is 61.8 Å². The molecule has 2 rings (SSSR count). The maximum Gasteiger partial charge on any atom is 0.125 e. The number of nitriles is 1. The standard InChI is InChI=1S/C12H11N3O/c1-8-3-4-11(16)10(5-8)12-9(6-13)7-15(2)14-12/h3-5,7,16H,1-2H3. The van der Waals surface area contributed by atoms with Crippen LogP contribution in [0.2, 0.25) is 0 Å². The van der Waals surface area contributed by atoms with Crippen molar-refractivity contribution in [2.24, 2.45) is 7.05 Å². The molecule has 0 unspecified atom stereocenters. The van der Waals surface area contributed by atoms with Crippen LogP contribution in [0.1, 0.15) is 11.1 Å². The Hall–Kier alpha value is -2.28. The summed E-state index contributed by atoms with van der Waals surface area (Å²) in [5.41, 5.74) is 2.59. The molecule has 0 aliphatic heterocycles. The van der Waals surface area contributed by atoms with E-state index in [1.54, 1.807) is 24.0 Å². The second kappa shape index (κ2) is 3.70. The summed E-state index contributed by atoms with van der Waals surface area (Å²) in [4.78, 5) is 0. The van der Waals surface area contributed by atoms with Crippen molar-refractivity contribution in [1.82, 2.24) is 9.78 Å². The van der Waals surface area contributed by atoms with Gasteiger partial charge in [0.25, 0.3) is 0 Å². The lowest BCUT2D eigenvalue weighted by Crippen LogP contribution is -1.88. The van der Waals surface area contributed by atoms with Crippen LogP contribution in [-0.2, 0) is 7.05 Å². The van der Waals surface area contributed by atoms with Gasteiger partial charge in [0.1, 0.15) is 17.5 Å². The zero-order valence-corrected chi connectivity index (χ0v) is 9.10.